The number of ether oxygens (including phenoxy) is 1. The van der Waals surface area contributed by atoms with Crippen molar-refractivity contribution in [3.8, 4) is 0 Å². The Morgan fingerprint density at radius 3 is 2.35 bits per heavy atom. The molecule has 0 amide bonds. The molecular formula is C26H35F2N3O3. The summed E-state index contributed by atoms with van der Waals surface area (Å²) in [6.45, 7) is 5.26. The summed E-state index contributed by atoms with van der Waals surface area (Å²) < 4.78 is 33.4. The zero-order valence-corrected chi connectivity index (χ0v) is 20.1. The predicted molar refractivity (Wildman–Crippen MR) is 122 cm³/mol. The molecule has 2 heterocycles. The molecule has 4 atom stereocenters. The second kappa shape index (κ2) is 7.92. The van der Waals surface area contributed by atoms with E-state index in [1.165, 1.54) is 0 Å². The highest BCUT2D eigenvalue weighted by Crippen LogP contribution is 2.59. The predicted octanol–water partition coefficient (Wildman–Crippen LogP) is 4.36. The van der Waals surface area contributed by atoms with E-state index < -0.39 is 17.4 Å². The standard InChI is InChI=1S/C26H35F2N3O3/c1-14-12-31(13-15(2)34-14)24-29-11-21(23(30-24)19-9-26(27,28)10-19)22(32)5-20-17-3-16-4-18(20)8-25(33,6-16)7-17/h11,14-20,33H,3-10,12-13H2,1-2H3/t14-,15+,16?,17?,18?,20?,25?. The average Bonchev–Trinajstić information content (AvgIpc) is 2.72. The van der Waals surface area contributed by atoms with Crippen LogP contribution in [0.3, 0.4) is 0 Å². The lowest BCUT2D eigenvalue weighted by Gasteiger charge is -2.58. The smallest absolute Gasteiger partial charge is 0.249 e. The fraction of sp³-hybridized carbons (Fsp3) is 0.808. The summed E-state index contributed by atoms with van der Waals surface area (Å²) in [5.74, 6) is -1.00. The number of rotatable bonds is 5. The Hall–Kier alpha value is -1.67. The van der Waals surface area contributed by atoms with Crippen LogP contribution < -0.4 is 4.90 Å². The third-order valence-electron chi connectivity index (χ3n) is 9.14. The van der Waals surface area contributed by atoms with Crippen LogP contribution in [0.25, 0.3) is 0 Å². The van der Waals surface area contributed by atoms with Crippen molar-refractivity contribution < 1.29 is 23.4 Å². The Labute approximate surface area is 199 Å². The largest absolute Gasteiger partial charge is 0.390 e. The Morgan fingerprint density at radius 2 is 1.76 bits per heavy atom. The summed E-state index contributed by atoms with van der Waals surface area (Å²) in [6.07, 6.45) is 6.22. The number of nitrogens with zero attached hydrogens (tertiary/aromatic N) is 3. The van der Waals surface area contributed by atoms with E-state index in [4.69, 9.17) is 9.72 Å². The van der Waals surface area contributed by atoms with Gasteiger partial charge in [0.25, 0.3) is 0 Å². The van der Waals surface area contributed by atoms with Crippen LogP contribution >= 0.6 is 0 Å². The second-order valence-electron chi connectivity index (χ2n) is 12.1. The Bertz CT molecular complexity index is 954. The van der Waals surface area contributed by atoms with Crippen LogP contribution in [-0.4, -0.2) is 57.7 Å². The van der Waals surface area contributed by atoms with E-state index in [9.17, 15) is 18.7 Å². The summed E-state index contributed by atoms with van der Waals surface area (Å²) in [5, 5.41) is 10.9. The number of morpholine rings is 1. The Kier molecular flexibility index (Phi) is 5.30. The van der Waals surface area contributed by atoms with Crippen LogP contribution in [0.4, 0.5) is 14.7 Å². The quantitative estimate of drug-likeness (QED) is 0.638. The number of aromatic nitrogens is 2. The van der Waals surface area contributed by atoms with Crippen molar-refractivity contribution in [3.05, 3.63) is 17.5 Å². The number of anilines is 1. The van der Waals surface area contributed by atoms with Gasteiger partial charge in [-0.2, -0.15) is 0 Å². The SMILES string of the molecule is C[C@@H]1CN(c2ncc(C(=O)CC3C4CC5CC3CC(O)(C5)C4)c(C3CC(F)(F)C3)n2)C[C@H](C)O1. The first-order valence-corrected chi connectivity index (χ1v) is 13.0. The minimum Gasteiger partial charge on any atom is -0.390 e. The summed E-state index contributed by atoms with van der Waals surface area (Å²) >= 11 is 0. The fourth-order valence-corrected chi connectivity index (χ4v) is 8.00. The van der Waals surface area contributed by atoms with E-state index in [0.29, 0.717) is 54.5 Å². The molecule has 6 aliphatic rings. The molecule has 7 rings (SSSR count). The maximum Gasteiger partial charge on any atom is 0.249 e. The number of carbonyl (C=O) groups excluding carboxylic acids is 1. The van der Waals surface area contributed by atoms with E-state index in [-0.39, 0.29) is 36.8 Å². The maximum absolute atomic E-state index is 13.8. The lowest BCUT2D eigenvalue weighted by Crippen LogP contribution is -2.54. The lowest BCUT2D eigenvalue weighted by atomic mass is 9.49. The number of hydrogen-bond acceptors (Lipinski definition) is 6. The van der Waals surface area contributed by atoms with Gasteiger partial charge >= 0.3 is 0 Å². The molecular weight excluding hydrogens is 440 g/mol. The molecule has 34 heavy (non-hydrogen) atoms. The van der Waals surface area contributed by atoms with Gasteiger partial charge in [0.1, 0.15) is 0 Å². The molecule has 5 aliphatic carbocycles. The third-order valence-corrected chi connectivity index (χ3v) is 9.14. The zero-order valence-electron chi connectivity index (χ0n) is 20.1. The molecule has 8 heteroatoms. The monoisotopic (exact) mass is 475 g/mol. The number of halogens is 2. The van der Waals surface area contributed by atoms with Crippen LogP contribution in [-0.2, 0) is 4.74 Å². The molecule has 6 nitrogen and oxygen atoms in total. The minimum atomic E-state index is -2.69. The van der Waals surface area contributed by atoms with Gasteiger partial charge in [-0.05, 0) is 69.6 Å². The molecule has 2 unspecified atom stereocenters. The molecule has 6 fully saturated rings. The van der Waals surface area contributed by atoms with Crippen molar-refractivity contribution in [3.63, 3.8) is 0 Å². The highest BCUT2D eigenvalue weighted by molar-refractivity contribution is 5.97. The van der Waals surface area contributed by atoms with Crippen molar-refractivity contribution in [2.45, 2.75) is 94.9 Å². The van der Waals surface area contributed by atoms with Gasteiger partial charge in [0.05, 0.1) is 29.1 Å². The maximum atomic E-state index is 13.8. The molecule has 0 radical (unpaired) electrons. The average molecular weight is 476 g/mol. The second-order valence-corrected chi connectivity index (χ2v) is 12.1. The zero-order chi connectivity index (χ0) is 23.8. The van der Waals surface area contributed by atoms with Crippen molar-refractivity contribution in [1.82, 2.24) is 9.97 Å². The van der Waals surface area contributed by atoms with Gasteiger partial charge in [-0.15, -0.1) is 0 Å². The van der Waals surface area contributed by atoms with Gasteiger partial charge in [-0.3, -0.25) is 4.79 Å². The topological polar surface area (TPSA) is 75.6 Å². The Balaban J connectivity index is 1.25. The van der Waals surface area contributed by atoms with Crippen LogP contribution in [0.15, 0.2) is 6.20 Å². The molecule has 0 spiro atoms. The molecule has 1 saturated heterocycles. The summed E-state index contributed by atoms with van der Waals surface area (Å²) in [6, 6.07) is 0. The first kappa shape index (κ1) is 22.8. The normalized spacial score (nSPS) is 40.9. The van der Waals surface area contributed by atoms with Crippen LogP contribution in [0, 0.1) is 23.7 Å². The third kappa shape index (κ3) is 4.04. The van der Waals surface area contributed by atoms with E-state index >= 15 is 0 Å². The van der Waals surface area contributed by atoms with Gasteiger partial charge in [-0.25, -0.2) is 18.7 Å². The Morgan fingerprint density at radius 1 is 1.12 bits per heavy atom. The van der Waals surface area contributed by atoms with Gasteiger partial charge in [-0.1, -0.05) is 0 Å². The van der Waals surface area contributed by atoms with E-state index in [1.54, 1.807) is 6.20 Å². The molecule has 1 aromatic rings. The number of hydrogen-bond donors (Lipinski definition) is 1. The number of Topliss-reactive ketones (excluding diaryl/α,β-unsaturated/α-hetero) is 1. The van der Waals surface area contributed by atoms with Crippen LogP contribution in [0.2, 0.25) is 0 Å². The van der Waals surface area contributed by atoms with E-state index in [1.807, 2.05) is 18.7 Å². The van der Waals surface area contributed by atoms with Crippen molar-refractivity contribution in [1.29, 1.82) is 0 Å². The van der Waals surface area contributed by atoms with Gasteiger partial charge in [0, 0.05) is 44.5 Å². The number of ketones is 1. The van der Waals surface area contributed by atoms with E-state index in [0.717, 1.165) is 32.1 Å². The van der Waals surface area contributed by atoms with Crippen molar-refractivity contribution in [2.24, 2.45) is 23.7 Å². The molecule has 1 aromatic heterocycles. The summed E-state index contributed by atoms with van der Waals surface area (Å²) in [4.78, 5) is 24.9. The number of carbonyl (C=O) groups is 1. The molecule has 0 aromatic carbocycles. The molecule has 1 aliphatic heterocycles. The van der Waals surface area contributed by atoms with Crippen molar-refractivity contribution in [2.75, 3.05) is 18.0 Å². The number of aliphatic hydroxyl groups is 1. The van der Waals surface area contributed by atoms with Gasteiger partial charge in [0.2, 0.25) is 11.9 Å². The number of alkyl halides is 2. The minimum absolute atomic E-state index is 0.0232. The summed E-state index contributed by atoms with van der Waals surface area (Å²) in [5.41, 5.74) is 0.386. The molecule has 5 saturated carbocycles. The first-order valence-electron chi connectivity index (χ1n) is 13.0. The molecule has 186 valence electrons. The highest BCUT2D eigenvalue weighted by atomic mass is 19.3. The molecule has 4 bridgehead atoms. The van der Waals surface area contributed by atoms with Crippen molar-refractivity contribution >= 4 is 11.7 Å². The highest BCUT2D eigenvalue weighted by Gasteiger charge is 2.55. The lowest BCUT2D eigenvalue weighted by molar-refractivity contribution is -0.151. The van der Waals surface area contributed by atoms with Crippen LogP contribution in [0.1, 0.15) is 87.2 Å². The van der Waals surface area contributed by atoms with E-state index in [2.05, 4.69) is 4.98 Å². The summed E-state index contributed by atoms with van der Waals surface area (Å²) in [7, 11) is 0. The molecule has 1 N–H and O–H groups in total. The fourth-order valence-electron chi connectivity index (χ4n) is 8.00. The van der Waals surface area contributed by atoms with Gasteiger partial charge < -0.3 is 14.7 Å². The first-order chi connectivity index (χ1) is 16.1. The van der Waals surface area contributed by atoms with Gasteiger partial charge in [0.15, 0.2) is 5.78 Å². The van der Waals surface area contributed by atoms with Crippen LogP contribution in [0.5, 0.6) is 0 Å².